The lowest BCUT2D eigenvalue weighted by Gasteiger charge is -2.32. The zero-order valence-electron chi connectivity index (χ0n) is 9.60. The largest absolute Gasteiger partial charge is 0.379 e. The summed E-state index contributed by atoms with van der Waals surface area (Å²) in [5.41, 5.74) is 1.17. The van der Waals surface area contributed by atoms with E-state index in [1.54, 1.807) is 0 Å². The Morgan fingerprint density at radius 1 is 1.25 bits per heavy atom. The van der Waals surface area contributed by atoms with Crippen LogP contribution in [0.25, 0.3) is 0 Å². The van der Waals surface area contributed by atoms with Crippen LogP contribution in [0.2, 0.25) is 0 Å². The SMILES string of the molecule is c1cncc(NC2CCN3CCCCC23)c1. The lowest BCUT2D eigenvalue weighted by molar-refractivity contribution is 0.193. The second-order valence-corrected chi connectivity index (χ2v) is 4.88. The predicted octanol–water partition coefficient (Wildman–Crippen LogP) is 2.12. The summed E-state index contributed by atoms with van der Waals surface area (Å²) in [6.07, 6.45) is 9.16. The summed E-state index contributed by atoms with van der Waals surface area (Å²) >= 11 is 0. The van der Waals surface area contributed by atoms with Crippen LogP contribution in [0.15, 0.2) is 24.5 Å². The van der Waals surface area contributed by atoms with E-state index in [2.05, 4.69) is 21.3 Å². The molecule has 2 saturated heterocycles. The number of hydrogen-bond acceptors (Lipinski definition) is 3. The minimum Gasteiger partial charge on any atom is -0.379 e. The van der Waals surface area contributed by atoms with Gasteiger partial charge in [0.1, 0.15) is 0 Å². The molecule has 3 heterocycles. The van der Waals surface area contributed by atoms with Crippen molar-refractivity contribution in [3.8, 4) is 0 Å². The first-order chi connectivity index (χ1) is 7.93. The molecule has 0 amide bonds. The Hall–Kier alpha value is -1.09. The number of rotatable bonds is 2. The van der Waals surface area contributed by atoms with Crippen LogP contribution in [0.4, 0.5) is 5.69 Å². The molecule has 2 fully saturated rings. The Bertz CT molecular complexity index is 338. The summed E-state index contributed by atoms with van der Waals surface area (Å²) in [5.74, 6) is 0. The van der Waals surface area contributed by atoms with Gasteiger partial charge in [-0.2, -0.15) is 0 Å². The molecule has 16 heavy (non-hydrogen) atoms. The van der Waals surface area contributed by atoms with Crippen molar-refractivity contribution in [1.82, 2.24) is 9.88 Å². The summed E-state index contributed by atoms with van der Waals surface area (Å²) in [5, 5.41) is 3.64. The van der Waals surface area contributed by atoms with Crippen molar-refractivity contribution in [3.05, 3.63) is 24.5 Å². The molecule has 0 saturated carbocycles. The molecule has 0 aromatic carbocycles. The fourth-order valence-electron chi connectivity index (χ4n) is 3.08. The maximum atomic E-state index is 4.15. The van der Waals surface area contributed by atoms with Gasteiger partial charge in [-0.25, -0.2) is 0 Å². The fraction of sp³-hybridized carbons (Fsp3) is 0.615. The molecule has 0 spiro atoms. The van der Waals surface area contributed by atoms with Crippen molar-refractivity contribution in [3.63, 3.8) is 0 Å². The first-order valence-electron chi connectivity index (χ1n) is 6.34. The van der Waals surface area contributed by atoms with E-state index < -0.39 is 0 Å². The number of piperidine rings is 1. The molecule has 3 nitrogen and oxygen atoms in total. The average molecular weight is 217 g/mol. The highest BCUT2D eigenvalue weighted by Crippen LogP contribution is 2.29. The Morgan fingerprint density at radius 2 is 2.25 bits per heavy atom. The van der Waals surface area contributed by atoms with Crippen LogP contribution in [-0.4, -0.2) is 35.1 Å². The summed E-state index contributed by atoms with van der Waals surface area (Å²) < 4.78 is 0. The zero-order valence-corrected chi connectivity index (χ0v) is 9.60. The minimum atomic E-state index is 0.629. The van der Waals surface area contributed by atoms with E-state index in [4.69, 9.17) is 0 Å². The highest BCUT2D eigenvalue weighted by Gasteiger charge is 2.35. The van der Waals surface area contributed by atoms with Gasteiger partial charge in [-0.05, 0) is 37.9 Å². The minimum absolute atomic E-state index is 0.629. The van der Waals surface area contributed by atoms with E-state index in [1.165, 1.54) is 44.5 Å². The number of pyridine rings is 1. The van der Waals surface area contributed by atoms with Crippen molar-refractivity contribution < 1.29 is 0 Å². The van der Waals surface area contributed by atoms with Crippen molar-refractivity contribution in [2.45, 2.75) is 37.8 Å². The van der Waals surface area contributed by atoms with Gasteiger partial charge in [0.25, 0.3) is 0 Å². The van der Waals surface area contributed by atoms with Gasteiger partial charge in [-0.1, -0.05) is 6.42 Å². The predicted molar refractivity (Wildman–Crippen MR) is 65.5 cm³/mol. The van der Waals surface area contributed by atoms with E-state index in [-0.39, 0.29) is 0 Å². The molecule has 3 heteroatoms. The quantitative estimate of drug-likeness (QED) is 0.822. The van der Waals surface area contributed by atoms with Gasteiger partial charge in [0.15, 0.2) is 0 Å². The normalized spacial score (nSPS) is 30.0. The lowest BCUT2D eigenvalue weighted by Crippen LogP contribution is -2.41. The topological polar surface area (TPSA) is 28.2 Å². The fourth-order valence-corrected chi connectivity index (χ4v) is 3.08. The number of nitrogens with zero attached hydrogens (tertiary/aromatic N) is 2. The lowest BCUT2D eigenvalue weighted by atomic mass is 9.99. The molecule has 86 valence electrons. The van der Waals surface area contributed by atoms with Crippen molar-refractivity contribution >= 4 is 5.69 Å². The molecule has 1 N–H and O–H groups in total. The van der Waals surface area contributed by atoms with E-state index >= 15 is 0 Å². The number of anilines is 1. The molecular weight excluding hydrogens is 198 g/mol. The summed E-state index contributed by atoms with van der Waals surface area (Å²) in [6.45, 7) is 2.57. The van der Waals surface area contributed by atoms with E-state index in [1.807, 2.05) is 18.5 Å². The van der Waals surface area contributed by atoms with Crippen molar-refractivity contribution in [2.75, 3.05) is 18.4 Å². The number of aromatic nitrogens is 1. The van der Waals surface area contributed by atoms with Crippen LogP contribution in [0, 0.1) is 0 Å². The molecule has 0 bridgehead atoms. The highest BCUT2D eigenvalue weighted by atomic mass is 15.2. The standard InChI is InChI=1S/C13H19N3/c1-2-8-16-9-6-12(13(16)5-1)15-11-4-3-7-14-10-11/h3-4,7,10,12-13,15H,1-2,5-6,8-9H2. The first-order valence-corrected chi connectivity index (χ1v) is 6.34. The average Bonchev–Trinajstić information content (AvgIpc) is 2.74. The van der Waals surface area contributed by atoms with Crippen molar-refractivity contribution in [2.24, 2.45) is 0 Å². The third-order valence-corrected chi connectivity index (χ3v) is 3.87. The van der Waals surface area contributed by atoms with Gasteiger partial charge in [0.05, 0.1) is 5.69 Å². The second-order valence-electron chi connectivity index (χ2n) is 4.88. The molecule has 1 aromatic rings. The van der Waals surface area contributed by atoms with Crippen molar-refractivity contribution in [1.29, 1.82) is 0 Å². The summed E-state index contributed by atoms with van der Waals surface area (Å²) in [7, 11) is 0. The van der Waals surface area contributed by atoms with Gasteiger partial charge >= 0.3 is 0 Å². The molecule has 2 aliphatic rings. The van der Waals surface area contributed by atoms with Gasteiger partial charge in [0, 0.05) is 31.0 Å². The first kappa shape index (κ1) is 10.1. The maximum Gasteiger partial charge on any atom is 0.0529 e. The molecule has 2 unspecified atom stereocenters. The summed E-state index contributed by atoms with van der Waals surface area (Å²) in [4.78, 5) is 6.80. The monoisotopic (exact) mass is 217 g/mol. The summed E-state index contributed by atoms with van der Waals surface area (Å²) in [6, 6.07) is 5.49. The second kappa shape index (κ2) is 4.42. The van der Waals surface area contributed by atoms with Crippen LogP contribution < -0.4 is 5.32 Å². The molecule has 0 aliphatic carbocycles. The van der Waals surface area contributed by atoms with Gasteiger partial charge in [-0.15, -0.1) is 0 Å². The smallest absolute Gasteiger partial charge is 0.0529 e. The number of hydrogen-bond donors (Lipinski definition) is 1. The highest BCUT2D eigenvalue weighted by molar-refractivity contribution is 5.41. The molecule has 2 aliphatic heterocycles. The molecular formula is C13H19N3. The number of nitrogens with one attached hydrogen (secondary N) is 1. The van der Waals surface area contributed by atoms with Crippen LogP contribution in [-0.2, 0) is 0 Å². The van der Waals surface area contributed by atoms with Crippen LogP contribution >= 0.6 is 0 Å². The molecule has 2 atom stereocenters. The third kappa shape index (κ3) is 1.92. The molecule has 0 radical (unpaired) electrons. The van der Waals surface area contributed by atoms with Gasteiger partial charge in [-0.3, -0.25) is 9.88 Å². The Kier molecular flexibility index (Phi) is 2.79. The zero-order chi connectivity index (χ0) is 10.8. The maximum absolute atomic E-state index is 4.15. The van der Waals surface area contributed by atoms with E-state index in [0.717, 1.165) is 6.04 Å². The van der Waals surface area contributed by atoms with E-state index in [9.17, 15) is 0 Å². The van der Waals surface area contributed by atoms with E-state index in [0.29, 0.717) is 6.04 Å². The van der Waals surface area contributed by atoms with Crippen LogP contribution in [0.1, 0.15) is 25.7 Å². The Morgan fingerprint density at radius 3 is 3.12 bits per heavy atom. The molecule has 1 aromatic heterocycles. The number of fused-ring (bicyclic) bond motifs is 1. The van der Waals surface area contributed by atoms with Gasteiger partial charge in [0.2, 0.25) is 0 Å². The third-order valence-electron chi connectivity index (χ3n) is 3.87. The van der Waals surface area contributed by atoms with Crippen LogP contribution in [0.5, 0.6) is 0 Å². The van der Waals surface area contributed by atoms with Crippen LogP contribution in [0.3, 0.4) is 0 Å². The Labute approximate surface area is 96.9 Å². The Balaban J connectivity index is 1.67. The van der Waals surface area contributed by atoms with Gasteiger partial charge < -0.3 is 5.32 Å². The molecule has 3 rings (SSSR count).